The normalized spacial score (nSPS) is 17.0. The van der Waals surface area contributed by atoms with E-state index in [4.69, 9.17) is 21.6 Å². The molecule has 1 aliphatic rings. The number of amides is 4. The number of nitrogens with one attached hydrogen (secondary N) is 3. The second-order valence-corrected chi connectivity index (χ2v) is 6.74. The van der Waals surface area contributed by atoms with Gasteiger partial charge in [-0.2, -0.15) is 0 Å². The van der Waals surface area contributed by atoms with Crippen LogP contribution in [0.1, 0.15) is 5.56 Å². The second kappa shape index (κ2) is 9.24. The number of hydrogen-bond acceptors (Lipinski definition) is 6. The Kier molecular flexibility index (Phi) is 6.48. The van der Waals surface area contributed by atoms with Crippen LogP contribution in [0, 0.1) is 5.41 Å². The predicted molar refractivity (Wildman–Crippen MR) is 114 cm³/mol. The van der Waals surface area contributed by atoms with Gasteiger partial charge in [0, 0.05) is 29.2 Å². The van der Waals surface area contributed by atoms with Crippen molar-refractivity contribution < 1.29 is 24.2 Å². The lowest BCUT2D eigenvalue weighted by Gasteiger charge is -2.34. The Bertz CT molecular complexity index is 992. The smallest absolute Gasteiger partial charge is 0.316 e. The Morgan fingerprint density at radius 3 is 2.23 bits per heavy atom. The molecule has 1 aliphatic heterocycles. The van der Waals surface area contributed by atoms with Gasteiger partial charge in [-0.15, -0.1) is 0 Å². The van der Waals surface area contributed by atoms with E-state index >= 15 is 0 Å². The maximum atomic E-state index is 12.8. The summed E-state index contributed by atoms with van der Waals surface area (Å²) >= 11 is 0. The fourth-order valence-corrected chi connectivity index (χ4v) is 3.04. The highest BCUT2D eigenvalue weighted by Crippen LogP contribution is 2.23. The number of aliphatic hydroxyl groups excluding tert-OH is 1. The third-order valence-electron chi connectivity index (χ3n) is 4.59. The van der Waals surface area contributed by atoms with Crippen LogP contribution in [0.4, 0.5) is 21.9 Å². The topological polar surface area (TPSA) is 184 Å². The lowest BCUT2D eigenvalue weighted by molar-refractivity contribution is -0.150. The maximum absolute atomic E-state index is 12.8. The number of benzene rings is 2. The number of primary amides is 1. The molecule has 11 heteroatoms. The minimum absolute atomic E-state index is 0.113. The maximum Gasteiger partial charge on any atom is 0.316 e. The van der Waals surface area contributed by atoms with Gasteiger partial charge >= 0.3 is 6.03 Å². The minimum Gasteiger partial charge on any atom is -0.384 e. The van der Waals surface area contributed by atoms with Crippen molar-refractivity contribution in [1.82, 2.24) is 0 Å². The molecule has 4 amide bonds. The Hall–Kier alpha value is -3.96. The molecule has 162 valence electrons. The average molecular weight is 426 g/mol. The second-order valence-electron chi connectivity index (χ2n) is 6.74. The number of nitrogens with two attached hydrogens (primary N) is 2. The van der Waals surface area contributed by atoms with Gasteiger partial charge in [-0.3, -0.25) is 15.0 Å². The van der Waals surface area contributed by atoms with Gasteiger partial charge in [0.2, 0.25) is 0 Å². The van der Waals surface area contributed by atoms with Gasteiger partial charge in [0.15, 0.2) is 12.2 Å². The van der Waals surface area contributed by atoms with Crippen LogP contribution in [0.25, 0.3) is 0 Å². The van der Waals surface area contributed by atoms with Crippen LogP contribution in [0.3, 0.4) is 0 Å². The highest BCUT2D eigenvalue weighted by atomic mass is 16.5. The minimum atomic E-state index is -1.74. The molecule has 1 saturated heterocycles. The summed E-state index contributed by atoms with van der Waals surface area (Å²) in [6, 6.07) is 11.8. The van der Waals surface area contributed by atoms with E-state index in [1.165, 1.54) is 17.0 Å². The third-order valence-corrected chi connectivity index (χ3v) is 4.59. The molecular formula is C20H22N6O5. The summed E-state index contributed by atoms with van der Waals surface area (Å²) < 4.78 is 5.37. The molecule has 0 spiro atoms. The zero-order chi connectivity index (χ0) is 22.5. The number of carbonyl (C=O) groups is 3. The number of carbonyl (C=O) groups excluding carboxylic acids is 3. The number of aliphatic hydroxyl groups is 1. The van der Waals surface area contributed by atoms with Crippen LogP contribution < -0.4 is 27.0 Å². The van der Waals surface area contributed by atoms with Crippen LogP contribution in [0.2, 0.25) is 0 Å². The molecule has 0 bridgehead atoms. The van der Waals surface area contributed by atoms with Gasteiger partial charge in [-0.1, -0.05) is 0 Å². The zero-order valence-electron chi connectivity index (χ0n) is 16.4. The number of nitrogens with zero attached hydrogens (tertiary/aromatic N) is 1. The molecule has 1 heterocycles. The number of anilines is 3. The number of morpholine rings is 1. The van der Waals surface area contributed by atoms with Gasteiger partial charge < -0.3 is 36.8 Å². The number of nitrogen functional groups attached to an aromatic ring is 1. The zero-order valence-corrected chi connectivity index (χ0v) is 16.4. The molecule has 3 rings (SSSR count). The molecule has 31 heavy (non-hydrogen) atoms. The van der Waals surface area contributed by atoms with Crippen molar-refractivity contribution in [1.29, 1.82) is 5.41 Å². The molecule has 1 fully saturated rings. The van der Waals surface area contributed by atoms with Gasteiger partial charge in [-0.05, 0) is 48.5 Å². The predicted octanol–water partition coefficient (Wildman–Crippen LogP) is 0.193. The highest BCUT2D eigenvalue weighted by Gasteiger charge is 2.39. The van der Waals surface area contributed by atoms with Crippen LogP contribution in [-0.2, 0) is 14.3 Å². The van der Waals surface area contributed by atoms with Crippen LogP contribution in [0.15, 0.2) is 48.5 Å². The molecule has 0 radical (unpaired) electrons. The van der Waals surface area contributed by atoms with E-state index in [-0.39, 0.29) is 19.0 Å². The van der Waals surface area contributed by atoms with Gasteiger partial charge in [-0.25, -0.2) is 4.79 Å². The molecule has 8 N–H and O–H groups in total. The van der Waals surface area contributed by atoms with Gasteiger partial charge in [0.1, 0.15) is 5.84 Å². The molecule has 0 aliphatic carbocycles. The Morgan fingerprint density at radius 1 is 1.06 bits per heavy atom. The summed E-state index contributed by atoms with van der Waals surface area (Å²) in [5, 5.41) is 22.7. The number of amidine groups is 1. The summed E-state index contributed by atoms with van der Waals surface area (Å²) in [4.78, 5) is 37.6. The SMILES string of the molecule is N=C(N)c1ccc(NC(=O)C(O)[C@H]2OCCN(c3ccc(NC(N)=O)cc3)C2=O)cc1. The van der Waals surface area contributed by atoms with E-state index in [1.807, 2.05) is 0 Å². The number of urea groups is 1. The Morgan fingerprint density at radius 2 is 1.65 bits per heavy atom. The van der Waals surface area contributed by atoms with E-state index in [2.05, 4.69) is 10.6 Å². The molecule has 0 saturated carbocycles. The lowest BCUT2D eigenvalue weighted by atomic mass is 10.1. The number of ether oxygens (including phenoxy) is 1. The molecule has 2 aromatic carbocycles. The number of hydrogen-bond donors (Lipinski definition) is 6. The molecule has 1 unspecified atom stereocenters. The third kappa shape index (κ3) is 5.15. The Labute approximate surface area is 177 Å². The molecule has 0 aromatic heterocycles. The molecule has 2 atom stereocenters. The summed E-state index contributed by atoms with van der Waals surface area (Å²) in [5.74, 6) is -1.49. The van der Waals surface area contributed by atoms with Crippen molar-refractivity contribution in [3.8, 4) is 0 Å². The van der Waals surface area contributed by atoms with Crippen LogP contribution >= 0.6 is 0 Å². The monoisotopic (exact) mass is 426 g/mol. The average Bonchev–Trinajstić information content (AvgIpc) is 2.74. The summed E-state index contributed by atoms with van der Waals surface area (Å²) in [6.07, 6.45) is -3.12. The summed E-state index contributed by atoms with van der Waals surface area (Å²) in [6.45, 7) is 0.355. The fourth-order valence-electron chi connectivity index (χ4n) is 3.04. The highest BCUT2D eigenvalue weighted by molar-refractivity contribution is 6.04. The summed E-state index contributed by atoms with van der Waals surface area (Å²) in [7, 11) is 0. The van der Waals surface area contributed by atoms with Crippen molar-refractivity contribution in [2.45, 2.75) is 12.2 Å². The standard InChI is InChI=1S/C20H22N6O5/c21-17(22)11-1-3-12(4-2-11)24-18(28)15(27)16-19(29)26(9-10-31-16)14-7-5-13(6-8-14)25-20(23)30/h1-8,15-16,27H,9-10H2,(H3,21,22)(H,24,28)(H3,23,25,30)/t15?,16-/m1/s1. The first-order valence-electron chi connectivity index (χ1n) is 9.29. The van der Waals surface area contributed by atoms with Crippen LogP contribution in [-0.4, -0.2) is 54.1 Å². The fraction of sp³-hybridized carbons (Fsp3) is 0.200. The van der Waals surface area contributed by atoms with Crippen molar-refractivity contribution in [2.24, 2.45) is 11.5 Å². The number of rotatable bonds is 6. The first kappa shape index (κ1) is 21.7. The lowest BCUT2D eigenvalue weighted by Crippen LogP contribution is -2.55. The van der Waals surface area contributed by atoms with Crippen molar-refractivity contribution in [3.63, 3.8) is 0 Å². The largest absolute Gasteiger partial charge is 0.384 e. The molecule has 2 aromatic rings. The van der Waals surface area contributed by atoms with Gasteiger partial charge in [0.05, 0.1) is 6.61 Å². The van der Waals surface area contributed by atoms with Crippen LogP contribution in [0.5, 0.6) is 0 Å². The Balaban J connectivity index is 1.67. The van der Waals surface area contributed by atoms with Gasteiger partial charge in [0.25, 0.3) is 11.8 Å². The first-order chi connectivity index (χ1) is 14.8. The molecular weight excluding hydrogens is 404 g/mol. The van der Waals surface area contributed by atoms with Crippen molar-refractivity contribution in [3.05, 3.63) is 54.1 Å². The quantitative estimate of drug-likeness (QED) is 0.283. The van der Waals surface area contributed by atoms with E-state index in [0.717, 1.165) is 0 Å². The van der Waals surface area contributed by atoms with E-state index < -0.39 is 30.1 Å². The van der Waals surface area contributed by atoms with Crippen molar-refractivity contribution in [2.75, 3.05) is 28.7 Å². The van der Waals surface area contributed by atoms with E-state index in [0.29, 0.717) is 22.6 Å². The van der Waals surface area contributed by atoms with E-state index in [9.17, 15) is 19.5 Å². The van der Waals surface area contributed by atoms with Crippen molar-refractivity contribution >= 4 is 40.7 Å². The first-order valence-corrected chi connectivity index (χ1v) is 9.29. The molecule has 11 nitrogen and oxygen atoms in total. The summed E-state index contributed by atoms with van der Waals surface area (Å²) in [5.41, 5.74) is 12.3. The van der Waals surface area contributed by atoms with E-state index in [1.54, 1.807) is 36.4 Å².